The van der Waals surface area contributed by atoms with Crippen LogP contribution in [0.5, 0.6) is 0 Å². The zero-order chi connectivity index (χ0) is 15.0. The molecule has 0 aliphatic heterocycles. The van der Waals surface area contributed by atoms with Gasteiger partial charge >= 0.3 is 0 Å². The summed E-state index contributed by atoms with van der Waals surface area (Å²) in [4.78, 5) is 12.5. The molecule has 5 nitrogen and oxygen atoms in total. The van der Waals surface area contributed by atoms with Crippen LogP contribution in [0.4, 0.5) is 0 Å². The van der Waals surface area contributed by atoms with E-state index in [0.29, 0.717) is 19.4 Å². The number of nitrogens with one attached hydrogen (secondary N) is 1. The van der Waals surface area contributed by atoms with Crippen LogP contribution in [0.25, 0.3) is 0 Å². The van der Waals surface area contributed by atoms with Gasteiger partial charge in [0.05, 0.1) is 15.3 Å². The van der Waals surface area contributed by atoms with Gasteiger partial charge < -0.3 is 11.1 Å². The predicted octanol–water partition coefficient (Wildman–Crippen LogP) is 0.773. The molecular formula is C13H16N2O3S2. The smallest absolute Gasteiger partial charge is 0.233 e. The topological polar surface area (TPSA) is 89.3 Å². The first-order valence-electron chi connectivity index (χ1n) is 6.13. The van der Waals surface area contributed by atoms with Crippen molar-refractivity contribution < 1.29 is 13.2 Å². The van der Waals surface area contributed by atoms with E-state index in [9.17, 15) is 13.2 Å². The molecule has 1 fully saturated rings. The second-order valence-corrected chi connectivity index (χ2v) is 7.50. The van der Waals surface area contributed by atoms with E-state index in [1.807, 2.05) is 0 Å². The van der Waals surface area contributed by atoms with Crippen molar-refractivity contribution in [2.45, 2.75) is 24.3 Å². The number of amides is 1. The van der Waals surface area contributed by atoms with Crippen LogP contribution in [0.15, 0.2) is 29.2 Å². The van der Waals surface area contributed by atoms with Crippen LogP contribution < -0.4 is 11.1 Å². The number of thiocarbonyl (C=S) groups is 1. The van der Waals surface area contributed by atoms with Gasteiger partial charge in [-0.25, -0.2) is 8.42 Å². The number of benzene rings is 1. The van der Waals surface area contributed by atoms with Gasteiger partial charge in [0.15, 0.2) is 9.84 Å². The minimum Gasteiger partial charge on any atom is -0.392 e. The summed E-state index contributed by atoms with van der Waals surface area (Å²) in [6.07, 6.45) is 2.55. The molecule has 7 heteroatoms. The maximum Gasteiger partial charge on any atom is 0.233 e. The highest BCUT2D eigenvalue weighted by atomic mass is 32.2. The number of hydrogen-bond acceptors (Lipinski definition) is 4. The van der Waals surface area contributed by atoms with Gasteiger partial charge in [-0.2, -0.15) is 0 Å². The Labute approximate surface area is 123 Å². The standard InChI is InChI=1S/C13H16N2O3S2/c1-20(17,18)10-4-2-9(3-5-10)8-15-12(16)13(6-7-13)11(14)19/h2-5H,6-8H2,1H3,(H2,14,19)(H,15,16). The summed E-state index contributed by atoms with van der Waals surface area (Å²) in [5.41, 5.74) is 5.73. The normalized spacial score (nSPS) is 16.4. The van der Waals surface area contributed by atoms with Crippen molar-refractivity contribution in [2.24, 2.45) is 11.1 Å². The Balaban J connectivity index is 1.99. The highest BCUT2D eigenvalue weighted by Gasteiger charge is 2.52. The SMILES string of the molecule is CS(=O)(=O)c1ccc(CNC(=O)C2(C(N)=S)CC2)cc1. The van der Waals surface area contributed by atoms with Crippen LogP contribution in [0.2, 0.25) is 0 Å². The molecule has 1 aromatic rings. The van der Waals surface area contributed by atoms with Crippen LogP contribution in [0.1, 0.15) is 18.4 Å². The van der Waals surface area contributed by atoms with Gasteiger partial charge in [0.2, 0.25) is 5.91 Å². The molecule has 1 aromatic carbocycles. The molecule has 0 unspecified atom stereocenters. The molecule has 0 atom stereocenters. The van der Waals surface area contributed by atoms with Gasteiger partial charge in [0.1, 0.15) is 0 Å². The lowest BCUT2D eigenvalue weighted by Crippen LogP contribution is -2.39. The Morgan fingerprint density at radius 3 is 2.30 bits per heavy atom. The third-order valence-corrected chi connectivity index (χ3v) is 4.98. The molecule has 0 heterocycles. The van der Waals surface area contributed by atoms with Gasteiger partial charge in [0.25, 0.3) is 0 Å². The zero-order valence-electron chi connectivity index (χ0n) is 11.0. The van der Waals surface area contributed by atoms with Crippen LogP contribution in [-0.2, 0) is 21.2 Å². The molecule has 0 radical (unpaired) electrons. The minimum atomic E-state index is -3.20. The maximum absolute atomic E-state index is 12.0. The molecule has 3 N–H and O–H groups in total. The summed E-state index contributed by atoms with van der Waals surface area (Å²) >= 11 is 4.91. The van der Waals surface area contributed by atoms with Gasteiger partial charge in [-0.15, -0.1) is 0 Å². The first kappa shape index (κ1) is 14.9. The Kier molecular flexibility index (Phi) is 3.84. The van der Waals surface area contributed by atoms with E-state index in [2.05, 4.69) is 5.32 Å². The van der Waals surface area contributed by atoms with Crippen LogP contribution >= 0.6 is 12.2 Å². The van der Waals surface area contributed by atoms with Crippen molar-refractivity contribution in [1.29, 1.82) is 0 Å². The van der Waals surface area contributed by atoms with E-state index in [-0.39, 0.29) is 15.8 Å². The molecule has 0 aromatic heterocycles. The third-order valence-electron chi connectivity index (χ3n) is 3.46. The molecule has 1 saturated carbocycles. The highest BCUT2D eigenvalue weighted by Crippen LogP contribution is 2.46. The molecule has 1 aliphatic rings. The number of hydrogen-bond donors (Lipinski definition) is 2. The fraction of sp³-hybridized carbons (Fsp3) is 0.385. The van der Waals surface area contributed by atoms with E-state index in [1.54, 1.807) is 12.1 Å². The Hall–Kier alpha value is -1.47. The average molecular weight is 312 g/mol. The second kappa shape index (κ2) is 5.14. The van der Waals surface area contributed by atoms with Gasteiger partial charge in [-0.1, -0.05) is 24.4 Å². The molecule has 20 heavy (non-hydrogen) atoms. The van der Waals surface area contributed by atoms with Crippen LogP contribution in [0, 0.1) is 5.41 Å². The lowest BCUT2D eigenvalue weighted by molar-refractivity contribution is -0.124. The van der Waals surface area contributed by atoms with E-state index < -0.39 is 15.3 Å². The average Bonchev–Trinajstić information content (AvgIpc) is 3.17. The number of carbonyl (C=O) groups is 1. The van der Waals surface area contributed by atoms with Crippen molar-refractivity contribution in [3.8, 4) is 0 Å². The highest BCUT2D eigenvalue weighted by molar-refractivity contribution is 7.90. The molecular weight excluding hydrogens is 296 g/mol. The second-order valence-electron chi connectivity index (χ2n) is 5.05. The van der Waals surface area contributed by atoms with Crippen molar-refractivity contribution in [3.63, 3.8) is 0 Å². The number of nitrogens with two attached hydrogens (primary N) is 1. The van der Waals surface area contributed by atoms with Gasteiger partial charge in [0, 0.05) is 12.8 Å². The predicted molar refractivity (Wildman–Crippen MR) is 79.9 cm³/mol. The molecule has 108 valence electrons. The van der Waals surface area contributed by atoms with Gasteiger partial charge in [-0.3, -0.25) is 4.79 Å². The van der Waals surface area contributed by atoms with Crippen LogP contribution in [0.3, 0.4) is 0 Å². The molecule has 0 spiro atoms. The monoisotopic (exact) mass is 312 g/mol. The summed E-state index contributed by atoms with van der Waals surface area (Å²) in [5, 5.41) is 2.79. The lowest BCUT2D eigenvalue weighted by Gasteiger charge is -2.13. The van der Waals surface area contributed by atoms with Crippen LogP contribution in [-0.4, -0.2) is 25.6 Å². The number of rotatable bonds is 5. The van der Waals surface area contributed by atoms with Crippen molar-refractivity contribution in [3.05, 3.63) is 29.8 Å². The van der Waals surface area contributed by atoms with Crippen molar-refractivity contribution >= 4 is 33.0 Å². The zero-order valence-corrected chi connectivity index (χ0v) is 12.7. The number of sulfone groups is 1. The molecule has 1 aliphatic carbocycles. The number of carbonyl (C=O) groups excluding carboxylic acids is 1. The van der Waals surface area contributed by atoms with Crippen molar-refractivity contribution in [2.75, 3.05) is 6.26 Å². The molecule has 2 rings (SSSR count). The summed E-state index contributed by atoms with van der Waals surface area (Å²) in [6, 6.07) is 6.41. The fourth-order valence-electron chi connectivity index (χ4n) is 1.92. The quantitative estimate of drug-likeness (QED) is 0.784. The van der Waals surface area contributed by atoms with Gasteiger partial charge in [-0.05, 0) is 30.5 Å². The first-order chi connectivity index (χ1) is 9.25. The molecule has 0 bridgehead atoms. The summed E-state index contributed by atoms with van der Waals surface area (Å²) in [5.74, 6) is -0.155. The third kappa shape index (κ3) is 2.99. The fourth-order valence-corrected chi connectivity index (χ4v) is 2.84. The summed E-state index contributed by atoms with van der Waals surface area (Å²) < 4.78 is 22.7. The maximum atomic E-state index is 12.0. The van der Waals surface area contributed by atoms with E-state index in [4.69, 9.17) is 18.0 Å². The first-order valence-corrected chi connectivity index (χ1v) is 8.43. The summed E-state index contributed by atoms with van der Waals surface area (Å²) in [6.45, 7) is 0.327. The Bertz CT molecular complexity index is 647. The van der Waals surface area contributed by atoms with E-state index >= 15 is 0 Å². The minimum absolute atomic E-state index is 0.155. The largest absolute Gasteiger partial charge is 0.392 e. The lowest BCUT2D eigenvalue weighted by atomic mass is 10.1. The molecule has 0 saturated heterocycles. The Morgan fingerprint density at radius 1 is 1.35 bits per heavy atom. The van der Waals surface area contributed by atoms with E-state index in [0.717, 1.165) is 11.8 Å². The van der Waals surface area contributed by atoms with Crippen molar-refractivity contribution in [1.82, 2.24) is 5.32 Å². The summed E-state index contributed by atoms with van der Waals surface area (Å²) in [7, 11) is -3.20. The van der Waals surface area contributed by atoms with E-state index in [1.165, 1.54) is 12.1 Å². The Morgan fingerprint density at radius 2 is 1.90 bits per heavy atom. The molecule has 1 amide bonds.